The summed E-state index contributed by atoms with van der Waals surface area (Å²) in [5.41, 5.74) is 1.02. The van der Waals surface area contributed by atoms with Crippen LogP contribution in [0.25, 0.3) is 0 Å². The van der Waals surface area contributed by atoms with E-state index in [1.54, 1.807) is 12.1 Å². The Morgan fingerprint density at radius 1 is 1.00 bits per heavy atom. The molecule has 0 bridgehead atoms. The summed E-state index contributed by atoms with van der Waals surface area (Å²) in [5.74, 6) is 0.336. The van der Waals surface area contributed by atoms with Crippen LogP contribution in [-0.2, 0) is 20.5 Å². The van der Waals surface area contributed by atoms with Crippen LogP contribution in [0.1, 0.15) is 25.3 Å². The summed E-state index contributed by atoms with van der Waals surface area (Å²) in [5, 5.41) is 0. The molecule has 1 aromatic carbocycles. The molecule has 0 unspecified atom stereocenters. The average Bonchev–Trinajstić information content (AvgIpc) is 2.14. The van der Waals surface area contributed by atoms with Crippen molar-refractivity contribution in [1.82, 2.24) is 0 Å². The molecule has 0 spiro atoms. The standard InChI is InChI=1S/C9H12O3S.Na.H2O4S/c1-7(2)8-3-5-9(6-4-8)13(10,11)12;;1-5(2,3)4/h3-7H,1-2H3,(H,10,11,12);;(H2,1,2,3,4)/q;+1;/p-1. The van der Waals surface area contributed by atoms with Gasteiger partial charge in [-0.05, 0) is 23.6 Å². The van der Waals surface area contributed by atoms with E-state index in [1.165, 1.54) is 12.1 Å². The molecule has 2 N–H and O–H groups in total. The smallest absolute Gasteiger partial charge is 0.744 e. The quantitative estimate of drug-likeness (QED) is 0.479. The Labute approximate surface area is 134 Å². The van der Waals surface area contributed by atoms with Gasteiger partial charge in [0, 0.05) is 0 Å². The second-order valence-corrected chi connectivity index (χ2v) is 5.90. The SMILES string of the molecule is CC(C)c1ccc(S(=O)(=O)[O-])cc1.O=S(=O)(O)O.[Na+]. The molecule has 0 amide bonds. The first-order chi connectivity index (χ1) is 7.91. The number of hydrogen-bond donors (Lipinski definition) is 2. The average molecular weight is 320 g/mol. The normalized spacial score (nSPS) is 11.3. The maximum atomic E-state index is 10.6. The summed E-state index contributed by atoms with van der Waals surface area (Å²) in [6.07, 6.45) is 0. The zero-order valence-corrected chi connectivity index (χ0v) is 14.3. The van der Waals surface area contributed by atoms with E-state index in [-0.39, 0.29) is 34.5 Å². The van der Waals surface area contributed by atoms with Crippen molar-refractivity contribution in [3.05, 3.63) is 29.8 Å². The fraction of sp³-hybridized carbons (Fsp3) is 0.333. The van der Waals surface area contributed by atoms with Gasteiger partial charge in [-0.3, -0.25) is 9.11 Å². The van der Waals surface area contributed by atoms with Crippen molar-refractivity contribution in [3.63, 3.8) is 0 Å². The second-order valence-electron chi connectivity index (χ2n) is 3.63. The maximum Gasteiger partial charge on any atom is 1.00 e. The van der Waals surface area contributed by atoms with Gasteiger partial charge < -0.3 is 4.55 Å². The third-order valence-corrected chi connectivity index (χ3v) is 2.68. The van der Waals surface area contributed by atoms with E-state index in [0.29, 0.717) is 5.92 Å². The van der Waals surface area contributed by atoms with Crippen LogP contribution < -0.4 is 29.6 Å². The summed E-state index contributed by atoms with van der Waals surface area (Å²) in [6.45, 7) is 4.00. The van der Waals surface area contributed by atoms with Crippen molar-refractivity contribution in [1.29, 1.82) is 0 Å². The van der Waals surface area contributed by atoms with Crippen LogP contribution in [0.3, 0.4) is 0 Å². The molecule has 10 heteroatoms. The second kappa shape index (κ2) is 8.32. The Balaban J connectivity index is 0. The van der Waals surface area contributed by atoms with Gasteiger partial charge in [-0.15, -0.1) is 0 Å². The largest absolute Gasteiger partial charge is 1.00 e. The first-order valence-electron chi connectivity index (χ1n) is 4.67. The van der Waals surface area contributed by atoms with Gasteiger partial charge in [0.15, 0.2) is 0 Å². The van der Waals surface area contributed by atoms with Crippen molar-refractivity contribution in [2.24, 2.45) is 0 Å². The zero-order valence-electron chi connectivity index (χ0n) is 10.6. The van der Waals surface area contributed by atoms with Crippen molar-refractivity contribution >= 4 is 20.5 Å². The minimum absolute atomic E-state index is 0. The predicted octanol–water partition coefficient (Wildman–Crippen LogP) is -1.93. The van der Waals surface area contributed by atoms with E-state index < -0.39 is 20.5 Å². The van der Waals surface area contributed by atoms with Crippen LogP contribution in [0.4, 0.5) is 0 Å². The molecular weight excluding hydrogens is 307 g/mol. The Morgan fingerprint density at radius 3 is 1.53 bits per heavy atom. The van der Waals surface area contributed by atoms with Crippen molar-refractivity contribution in [2.75, 3.05) is 0 Å². The van der Waals surface area contributed by atoms with Crippen LogP contribution in [0, 0.1) is 0 Å². The summed E-state index contributed by atoms with van der Waals surface area (Å²) < 4.78 is 63.3. The monoisotopic (exact) mass is 320 g/mol. The third kappa shape index (κ3) is 11.5. The van der Waals surface area contributed by atoms with Gasteiger partial charge >= 0.3 is 40.0 Å². The molecule has 0 saturated carbocycles. The summed E-state index contributed by atoms with van der Waals surface area (Å²) in [6, 6.07) is 6.01. The predicted molar refractivity (Wildman–Crippen MR) is 62.7 cm³/mol. The van der Waals surface area contributed by atoms with Crippen LogP contribution in [-0.4, -0.2) is 30.5 Å². The van der Waals surface area contributed by atoms with Crippen molar-refractivity contribution in [3.8, 4) is 0 Å². The molecule has 0 aliphatic carbocycles. The molecule has 0 radical (unpaired) electrons. The van der Waals surface area contributed by atoms with Crippen LogP contribution in [0.5, 0.6) is 0 Å². The van der Waals surface area contributed by atoms with E-state index in [4.69, 9.17) is 17.5 Å². The maximum absolute atomic E-state index is 10.6. The number of hydrogen-bond acceptors (Lipinski definition) is 5. The van der Waals surface area contributed by atoms with E-state index in [1.807, 2.05) is 13.8 Å². The number of rotatable bonds is 2. The van der Waals surface area contributed by atoms with Crippen LogP contribution in [0.2, 0.25) is 0 Å². The molecule has 0 aliphatic rings. The fourth-order valence-corrected chi connectivity index (χ4v) is 1.49. The molecule has 104 valence electrons. The fourth-order valence-electron chi connectivity index (χ4n) is 1.02. The van der Waals surface area contributed by atoms with E-state index in [9.17, 15) is 13.0 Å². The zero-order chi connectivity index (χ0) is 14.6. The molecule has 19 heavy (non-hydrogen) atoms. The van der Waals surface area contributed by atoms with Gasteiger partial charge in [0.25, 0.3) is 0 Å². The molecule has 1 aromatic rings. The van der Waals surface area contributed by atoms with Gasteiger partial charge in [-0.25, -0.2) is 8.42 Å². The molecular formula is C9H13NaO7S2. The minimum Gasteiger partial charge on any atom is -0.744 e. The van der Waals surface area contributed by atoms with Crippen LogP contribution >= 0.6 is 0 Å². The van der Waals surface area contributed by atoms with E-state index in [0.717, 1.165) is 5.56 Å². The summed E-state index contributed by atoms with van der Waals surface area (Å²) in [4.78, 5) is -0.170. The third-order valence-electron chi connectivity index (χ3n) is 1.84. The van der Waals surface area contributed by atoms with Gasteiger partial charge in [-0.2, -0.15) is 8.42 Å². The molecule has 0 atom stereocenters. The van der Waals surface area contributed by atoms with E-state index >= 15 is 0 Å². The van der Waals surface area contributed by atoms with Crippen LogP contribution in [0.15, 0.2) is 29.2 Å². The Morgan fingerprint density at radius 2 is 1.32 bits per heavy atom. The molecule has 7 nitrogen and oxygen atoms in total. The Kier molecular flexibility index (Phi) is 9.33. The van der Waals surface area contributed by atoms with Gasteiger partial charge in [0.1, 0.15) is 10.1 Å². The van der Waals surface area contributed by atoms with Gasteiger partial charge in [0.2, 0.25) is 0 Å². The van der Waals surface area contributed by atoms with E-state index in [2.05, 4.69) is 0 Å². The molecule has 1 rings (SSSR count). The topological polar surface area (TPSA) is 132 Å². The van der Waals surface area contributed by atoms with Gasteiger partial charge in [-0.1, -0.05) is 26.0 Å². The molecule has 0 fully saturated rings. The van der Waals surface area contributed by atoms with Gasteiger partial charge in [0.05, 0.1) is 4.90 Å². The molecule has 0 heterocycles. The summed E-state index contributed by atoms with van der Waals surface area (Å²) >= 11 is 0. The minimum atomic E-state index is -4.67. The first-order valence-corrected chi connectivity index (χ1v) is 7.47. The van der Waals surface area contributed by atoms with Crippen molar-refractivity contribution in [2.45, 2.75) is 24.7 Å². The molecule has 0 saturated heterocycles. The Bertz CT molecular complexity index is 567. The molecule has 0 aromatic heterocycles. The number of benzene rings is 1. The first kappa shape index (κ1) is 21.3. The van der Waals surface area contributed by atoms with Crippen molar-refractivity contribution < 1.29 is 60.1 Å². The molecule has 0 aliphatic heterocycles. The summed E-state index contributed by atoms with van der Waals surface area (Å²) in [7, 11) is -8.96. The Hall–Kier alpha value is -0.000000000000000222.